The Hall–Kier alpha value is -2.31. The molecule has 1 atom stereocenters. The highest BCUT2D eigenvalue weighted by atomic mass is 35.5. The van der Waals surface area contributed by atoms with Gasteiger partial charge in [0.25, 0.3) is 0 Å². The highest BCUT2D eigenvalue weighted by Gasteiger charge is 2.36. The molecule has 0 unspecified atom stereocenters. The summed E-state index contributed by atoms with van der Waals surface area (Å²) >= 11 is 6.45. The fourth-order valence-electron chi connectivity index (χ4n) is 4.31. The van der Waals surface area contributed by atoms with Gasteiger partial charge in [0, 0.05) is 41.7 Å². The summed E-state index contributed by atoms with van der Waals surface area (Å²) in [5.74, 6) is -0.499. The smallest absolute Gasteiger partial charge is 0.337 e. The van der Waals surface area contributed by atoms with Gasteiger partial charge in [0.15, 0.2) is 6.10 Å². The van der Waals surface area contributed by atoms with Crippen molar-refractivity contribution in [2.75, 3.05) is 25.1 Å². The Balaban J connectivity index is 2.30. The average molecular weight is 475 g/mol. The zero-order valence-electron chi connectivity index (χ0n) is 20.7. The average Bonchev–Trinajstić information content (AvgIpc) is 2.71. The van der Waals surface area contributed by atoms with E-state index >= 15 is 0 Å². The summed E-state index contributed by atoms with van der Waals surface area (Å²) in [6.45, 7) is 13.6. The number of pyridine rings is 1. The number of carbonyl (C=O) groups is 1. The van der Waals surface area contributed by atoms with Crippen LogP contribution in [0.2, 0.25) is 5.02 Å². The Morgan fingerprint density at radius 2 is 1.85 bits per heavy atom. The molecule has 0 saturated carbocycles. The summed E-state index contributed by atoms with van der Waals surface area (Å²) in [4.78, 5) is 19.4. The predicted molar refractivity (Wildman–Crippen MR) is 132 cm³/mol. The third-order valence-electron chi connectivity index (χ3n) is 6.14. The molecular weight excluding hydrogens is 440 g/mol. The second kappa shape index (κ2) is 9.51. The lowest BCUT2D eigenvalue weighted by molar-refractivity contribution is -0.160. The van der Waals surface area contributed by atoms with Crippen molar-refractivity contribution in [1.29, 1.82) is 0 Å². The first-order chi connectivity index (χ1) is 15.3. The monoisotopic (exact) mass is 474 g/mol. The molecular formula is C26H35ClN2O4. The molecule has 180 valence electrons. The summed E-state index contributed by atoms with van der Waals surface area (Å²) < 4.78 is 11.7. The number of aryl methyl sites for hydroxylation is 1. The van der Waals surface area contributed by atoms with E-state index in [1.807, 2.05) is 39.8 Å². The summed E-state index contributed by atoms with van der Waals surface area (Å²) in [6, 6.07) is 5.57. The van der Waals surface area contributed by atoms with Crippen molar-refractivity contribution in [1.82, 2.24) is 4.98 Å². The van der Waals surface area contributed by atoms with Gasteiger partial charge in [-0.15, -0.1) is 0 Å². The van der Waals surface area contributed by atoms with Crippen LogP contribution in [-0.4, -0.2) is 41.9 Å². The van der Waals surface area contributed by atoms with Crippen LogP contribution >= 0.6 is 11.6 Å². The lowest BCUT2D eigenvalue weighted by Gasteiger charge is -2.41. The molecule has 1 aliphatic heterocycles. The maximum atomic E-state index is 12.5. The SMILES string of the molecule is COc1c(Cl)cccc1-c1cnc(C)c([C@H](OC(C)(C)C)C(=O)O)c1N1CCC(C)(C)CC1. The van der Waals surface area contributed by atoms with Crippen LogP contribution in [0, 0.1) is 12.3 Å². The lowest BCUT2D eigenvalue weighted by Crippen LogP contribution is -2.39. The van der Waals surface area contributed by atoms with E-state index in [1.54, 1.807) is 19.4 Å². The second-order valence-electron chi connectivity index (χ2n) is 10.4. The van der Waals surface area contributed by atoms with Gasteiger partial charge in [0.05, 0.1) is 23.4 Å². The molecule has 1 aromatic carbocycles. The summed E-state index contributed by atoms with van der Waals surface area (Å²) in [5.41, 5.74) is 3.20. The lowest BCUT2D eigenvalue weighted by atomic mass is 9.82. The van der Waals surface area contributed by atoms with Crippen molar-refractivity contribution in [3.05, 3.63) is 40.7 Å². The minimum Gasteiger partial charge on any atom is -0.495 e. The number of carboxylic acid groups (broad SMARTS) is 1. The van der Waals surface area contributed by atoms with E-state index in [4.69, 9.17) is 21.1 Å². The highest BCUT2D eigenvalue weighted by molar-refractivity contribution is 6.32. The molecule has 1 aromatic heterocycles. The van der Waals surface area contributed by atoms with E-state index in [9.17, 15) is 9.90 Å². The molecule has 1 aliphatic rings. The molecule has 0 radical (unpaired) electrons. The number of carboxylic acids is 1. The van der Waals surface area contributed by atoms with E-state index in [2.05, 4.69) is 23.7 Å². The van der Waals surface area contributed by atoms with E-state index in [0.717, 1.165) is 42.7 Å². The molecule has 0 amide bonds. The van der Waals surface area contributed by atoms with Gasteiger partial charge in [-0.05, 0) is 52.0 Å². The van der Waals surface area contributed by atoms with Crippen LogP contribution in [0.3, 0.4) is 0 Å². The molecule has 1 saturated heterocycles. The number of hydrogen-bond donors (Lipinski definition) is 1. The van der Waals surface area contributed by atoms with Crippen molar-refractivity contribution >= 4 is 23.3 Å². The predicted octanol–water partition coefficient (Wildman–Crippen LogP) is 6.29. The van der Waals surface area contributed by atoms with Crippen molar-refractivity contribution in [3.8, 4) is 16.9 Å². The van der Waals surface area contributed by atoms with Crippen molar-refractivity contribution in [2.45, 2.75) is 66.1 Å². The number of anilines is 1. The number of methoxy groups -OCH3 is 1. The number of halogens is 1. The number of rotatable bonds is 6. The molecule has 33 heavy (non-hydrogen) atoms. The van der Waals surface area contributed by atoms with Gasteiger partial charge in [0.2, 0.25) is 0 Å². The maximum Gasteiger partial charge on any atom is 0.337 e. The Bertz CT molecular complexity index is 1020. The van der Waals surface area contributed by atoms with Crippen molar-refractivity contribution < 1.29 is 19.4 Å². The largest absolute Gasteiger partial charge is 0.495 e. The normalized spacial score (nSPS) is 17.0. The molecule has 0 aliphatic carbocycles. The van der Waals surface area contributed by atoms with Crippen molar-refractivity contribution in [3.63, 3.8) is 0 Å². The summed E-state index contributed by atoms with van der Waals surface area (Å²) in [7, 11) is 1.58. The fraction of sp³-hybridized carbons (Fsp3) is 0.538. The highest BCUT2D eigenvalue weighted by Crippen LogP contribution is 2.46. The fourth-order valence-corrected chi connectivity index (χ4v) is 4.56. The molecule has 1 fully saturated rings. The molecule has 0 spiro atoms. The van der Waals surface area contributed by atoms with Crippen LogP contribution in [0.1, 0.15) is 64.8 Å². The van der Waals surface area contributed by atoms with Crippen LogP contribution in [0.5, 0.6) is 5.75 Å². The standard InChI is InChI=1S/C26H35ClN2O4/c1-16-20(23(24(30)31)33-25(2,3)4)21(29-13-11-26(5,6)12-14-29)18(15-28-16)17-9-8-10-19(27)22(17)32-7/h8-10,15,23H,11-14H2,1-7H3,(H,30,31)/t23-/m0/s1. The van der Waals surface area contributed by atoms with E-state index in [1.165, 1.54) is 0 Å². The van der Waals surface area contributed by atoms with Gasteiger partial charge in [-0.3, -0.25) is 4.98 Å². The minimum absolute atomic E-state index is 0.237. The topological polar surface area (TPSA) is 71.9 Å². The Labute approximate surface area is 201 Å². The zero-order valence-corrected chi connectivity index (χ0v) is 21.4. The number of hydrogen-bond acceptors (Lipinski definition) is 5. The molecule has 0 bridgehead atoms. The first-order valence-corrected chi connectivity index (χ1v) is 11.7. The number of aromatic nitrogens is 1. The van der Waals surface area contributed by atoms with E-state index in [-0.39, 0.29) is 5.41 Å². The Kier molecular flexibility index (Phi) is 7.30. The van der Waals surface area contributed by atoms with E-state index in [0.29, 0.717) is 22.0 Å². The van der Waals surface area contributed by atoms with Gasteiger partial charge < -0.3 is 19.5 Å². The van der Waals surface area contributed by atoms with Gasteiger partial charge in [-0.2, -0.15) is 0 Å². The number of nitrogens with zero attached hydrogens (tertiary/aromatic N) is 2. The summed E-state index contributed by atoms with van der Waals surface area (Å²) in [6.07, 6.45) is 2.63. The number of piperidine rings is 1. The van der Waals surface area contributed by atoms with Gasteiger partial charge in [-0.25, -0.2) is 4.79 Å². The molecule has 3 rings (SSSR count). The third kappa shape index (κ3) is 5.61. The Morgan fingerprint density at radius 1 is 1.21 bits per heavy atom. The first-order valence-electron chi connectivity index (χ1n) is 11.3. The number of para-hydroxylation sites is 1. The number of ether oxygens (including phenoxy) is 2. The van der Waals surface area contributed by atoms with Crippen LogP contribution < -0.4 is 9.64 Å². The van der Waals surface area contributed by atoms with Gasteiger partial charge in [-0.1, -0.05) is 37.6 Å². The summed E-state index contributed by atoms with van der Waals surface area (Å²) in [5, 5.41) is 10.7. The van der Waals surface area contributed by atoms with Crippen LogP contribution in [0.4, 0.5) is 5.69 Å². The minimum atomic E-state index is -1.16. The van der Waals surface area contributed by atoms with Crippen LogP contribution in [0.15, 0.2) is 24.4 Å². The molecule has 2 heterocycles. The van der Waals surface area contributed by atoms with Crippen molar-refractivity contribution in [2.24, 2.45) is 5.41 Å². The second-order valence-corrected chi connectivity index (χ2v) is 10.8. The van der Waals surface area contributed by atoms with Crippen LogP contribution in [0.25, 0.3) is 11.1 Å². The molecule has 6 nitrogen and oxygen atoms in total. The molecule has 2 aromatic rings. The van der Waals surface area contributed by atoms with E-state index < -0.39 is 17.7 Å². The Morgan fingerprint density at radius 3 is 2.39 bits per heavy atom. The van der Waals surface area contributed by atoms with Gasteiger partial charge >= 0.3 is 5.97 Å². The third-order valence-corrected chi connectivity index (χ3v) is 6.44. The van der Waals surface area contributed by atoms with Crippen LogP contribution in [-0.2, 0) is 9.53 Å². The molecule has 1 N–H and O–H groups in total. The maximum absolute atomic E-state index is 12.5. The first kappa shape index (κ1) is 25.3. The zero-order chi connectivity index (χ0) is 24.6. The number of aliphatic carboxylic acids is 1. The number of benzene rings is 1. The quantitative estimate of drug-likeness (QED) is 0.530. The molecule has 7 heteroatoms. The van der Waals surface area contributed by atoms with Gasteiger partial charge in [0.1, 0.15) is 5.75 Å².